The van der Waals surface area contributed by atoms with Gasteiger partial charge in [-0.2, -0.15) is 0 Å². The highest BCUT2D eigenvalue weighted by molar-refractivity contribution is 5.29. The summed E-state index contributed by atoms with van der Waals surface area (Å²) in [6, 6.07) is 8.37. The van der Waals surface area contributed by atoms with Gasteiger partial charge in [0.05, 0.1) is 13.7 Å². The first kappa shape index (κ1) is 15.0. The molecule has 1 aromatic carbocycles. The van der Waals surface area contributed by atoms with Crippen LogP contribution in [0.4, 0.5) is 0 Å². The Morgan fingerprint density at radius 2 is 1.78 bits per heavy atom. The summed E-state index contributed by atoms with van der Waals surface area (Å²) >= 11 is 0. The molecule has 2 nitrogen and oxygen atoms in total. The van der Waals surface area contributed by atoms with Crippen LogP contribution in [-0.4, -0.2) is 20.3 Å². The van der Waals surface area contributed by atoms with Gasteiger partial charge in [0.2, 0.25) is 0 Å². The van der Waals surface area contributed by atoms with Gasteiger partial charge in [-0.25, -0.2) is 0 Å². The molecule has 0 heterocycles. The number of hydrogen-bond acceptors (Lipinski definition) is 2. The van der Waals surface area contributed by atoms with E-state index in [0.717, 1.165) is 25.4 Å². The maximum Gasteiger partial charge on any atom is 0.118 e. The molecule has 1 rings (SSSR count). The summed E-state index contributed by atoms with van der Waals surface area (Å²) in [5.41, 5.74) is 1.36. The van der Waals surface area contributed by atoms with E-state index in [4.69, 9.17) is 9.47 Å². The molecular weight excluding hydrogens is 224 g/mol. The third-order valence-electron chi connectivity index (χ3n) is 3.19. The predicted molar refractivity (Wildman–Crippen MR) is 76.4 cm³/mol. The first-order chi connectivity index (χ1) is 8.81. The fraction of sp³-hybridized carbons (Fsp3) is 0.625. The number of methoxy groups -OCH3 is 1. The molecule has 1 unspecified atom stereocenters. The lowest BCUT2D eigenvalue weighted by molar-refractivity contribution is 0.115. The summed E-state index contributed by atoms with van der Waals surface area (Å²) in [7, 11) is 1.70. The van der Waals surface area contributed by atoms with Crippen LogP contribution in [0.5, 0.6) is 5.75 Å². The van der Waals surface area contributed by atoms with E-state index in [-0.39, 0.29) is 0 Å². The van der Waals surface area contributed by atoms with E-state index >= 15 is 0 Å². The van der Waals surface area contributed by atoms with Crippen LogP contribution in [0, 0.1) is 0 Å². The van der Waals surface area contributed by atoms with Crippen LogP contribution in [0.3, 0.4) is 0 Å². The van der Waals surface area contributed by atoms with Crippen LogP contribution in [0.15, 0.2) is 24.3 Å². The maximum atomic E-state index is 5.77. The van der Waals surface area contributed by atoms with E-state index in [2.05, 4.69) is 26.0 Å². The van der Waals surface area contributed by atoms with Crippen molar-refractivity contribution >= 4 is 0 Å². The Bertz CT molecular complexity index is 305. The van der Waals surface area contributed by atoms with Crippen molar-refractivity contribution in [1.29, 1.82) is 0 Å². The molecule has 0 aliphatic rings. The van der Waals surface area contributed by atoms with Gasteiger partial charge in [0.25, 0.3) is 0 Å². The third kappa shape index (κ3) is 5.09. The first-order valence-electron chi connectivity index (χ1n) is 7.03. The Morgan fingerprint density at radius 3 is 2.33 bits per heavy atom. The van der Waals surface area contributed by atoms with Crippen molar-refractivity contribution in [2.45, 2.75) is 45.4 Å². The number of unbranched alkanes of at least 4 members (excludes halogenated alkanes) is 1. The van der Waals surface area contributed by atoms with E-state index in [9.17, 15) is 0 Å². The average Bonchev–Trinajstić information content (AvgIpc) is 2.42. The van der Waals surface area contributed by atoms with Crippen molar-refractivity contribution in [1.82, 2.24) is 0 Å². The second-order valence-corrected chi connectivity index (χ2v) is 4.69. The molecule has 0 saturated carbocycles. The fourth-order valence-electron chi connectivity index (χ4n) is 2.04. The molecule has 0 N–H and O–H groups in total. The largest absolute Gasteiger partial charge is 0.497 e. The number of ether oxygens (including phenoxy) is 2. The zero-order chi connectivity index (χ0) is 13.2. The molecule has 1 aromatic rings. The summed E-state index contributed by atoms with van der Waals surface area (Å²) in [6.45, 7) is 6.13. The van der Waals surface area contributed by atoms with Crippen molar-refractivity contribution in [3.63, 3.8) is 0 Å². The van der Waals surface area contributed by atoms with Gasteiger partial charge in [-0.05, 0) is 30.5 Å². The van der Waals surface area contributed by atoms with Crippen molar-refractivity contribution in [3.05, 3.63) is 29.8 Å². The Balaban J connectivity index is 2.53. The number of hydrogen-bond donors (Lipinski definition) is 0. The molecule has 0 aromatic heterocycles. The van der Waals surface area contributed by atoms with E-state index in [1.807, 2.05) is 12.1 Å². The molecule has 102 valence electrons. The minimum Gasteiger partial charge on any atom is -0.497 e. The Morgan fingerprint density at radius 1 is 1.06 bits per heavy atom. The van der Waals surface area contributed by atoms with Crippen LogP contribution >= 0.6 is 0 Å². The van der Waals surface area contributed by atoms with Crippen molar-refractivity contribution in [2.24, 2.45) is 0 Å². The van der Waals surface area contributed by atoms with Crippen LogP contribution in [0.1, 0.15) is 51.0 Å². The topological polar surface area (TPSA) is 18.5 Å². The summed E-state index contributed by atoms with van der Waals surface area (Å²) < 4.78 is 11.0. The van der Waals surface area contributed by atoms with E-state index in [1.54, 1.807) is 7.11 Å². The highest BCUT2D eigenvalue weighted by atomic mass is 16.5. The summed E-state index contributed by atoms with van der Waals surface area (Å²) in [5.74, 6) is 1.43. The lowest BCUT2D eigenvalue weighted by Gasteiger charge is -2.17. The molecule has 0 amide bonds. The van der Waals surface area contributed by atoms with E-state index in [1.165, 1.54) is 24.8 Å². The molecule has 0 radical (unpaired) electrons. The molecular formula is C16H26O2. The van der Waals surface area contributed by atoms with Gasteiger partial charge in [0, 0.05) is 12.5 Å². The highest BCUT2D eigenvalue weighted by Crippen LogP contribution is 2.24. The molecule has 0 bridgehead atoms. The van der Waals surface area contributed by atoms with Gasteiger partial charge >= 0.3 is 0 Å². The summed E-state index contributed by atoms with van der Waals surface area (Å²) in [4.78, 5) is 0. The molecule has 0 spiro atoms. The lowest BCUT2D eigenvalue weighted by atomic mass is 9.95. The summed E-state index contributed by atoms with van der Waals surface area (Å²) in [5, 5.41) is 0. The normalized spacial score (nSPS) is 12.4. The zero-order valence-electron chi connectivity index (χ0n) is 11.9. The predicted octanol–water partition coefficient (Wildman–Crippen LogP) is 4.40. The summed E-state index contributed by atoms with van der Waals surface area (Å²) in [6.07, 6.45) is 4.72. The van der Waals surface area contributed by atoms with Crippen LogP contribution < -0.4 is 4.74 Å². The Labute approximate surface area is 111 Å². The quantitative estimate of drug-likeness (QED) is 0.605. The standard InChI is InChI=1S/C16H26O2/c1-4-6-12-18-13-15(7-5-2)14-8-10-16(17-3)11-9-14/h8-11,15H,4-7,12-13H2,1-3H3. The molecule has 0 aliphatic carbocycles. The average molecular weight is 250 g/mol. The van der Waals surface area contributed by atoms with Gasteiger partial charge < -0.3 is 9.47 Å². The molecule has 2 heteroatoms. The molecule has 0 saturated heterocycles. The SMILES string of the molecule is CCCCOCC(CCC)c1ccc(OC)cc1. The van der Waals surface area contributed by atoms with Crippen molar-refractivity contribution < 1.29 is 9.47 Å². The van der Waals surface area contributed by atoms with E-state index in [0.29, 0.717) is 5.92 Å². The van der Waals surface area contributed by atoms with E-state index < -0.39 is 0 Å². The van der Waals surface area contributed by atoms with Gasteiger partial charge in [-0.1, -0.05) is 38.8 Å². The van der Waals surface area contributed by atoms with Crippen LogP contribution in [-0.2, 0) is 4.74 Å². The van der Waals surface area contributed by atoms with Gasteiger partial charge in [-0.3, -0.25) is 0 Å². The molecule has 18 heavy (non-hydrogen) atoms. The monoisotopic (exact) mass is 250 g/mol. The third-order valence-corrected chi connectivity index (χ3v) is 3.19. The molecule has 0 fully saturated rings. The Kier molecular flexibility index (Phi) is 7.51. The Hall–Kier alpha value is -1.02. The zero-order valence-corrected chi connectivity index (χ0v) is 11.9. The van der Waals surface area contributed by atoms with Gasteiger partial charge in [-0.15, -0.1) is 0 Å². The van der Waals surface area contributed by atoms with Crippen molar-refractivity contribution in [2.75, 3.05) is 20.3 Å². The second kappa shape index (κ2) is 8.98. The van der Waals surface area contributed by atoms with Crippen molar-refractivity contribution in [3.8, 4) is 5.75 Å². The van der Waals surface area contributed by atoms with Crippen LogP contribution in [0.25, 0.3) is 0 Å². The van der Waals surface area contributed by atoms with Crippen LogP contribution in [0.2, 0.25) is 0 Å². The minimum atomic E-state index is 0.512. The minimum absolute atomic E-state index is 0.512. The highest BCUT2D eigenvalue weighted by Gasteiger charge is 2.10. The second-order valence-electron chi connectivity index (χ2n) is 4.69. The number of rotatable bonds is 9. The maximum absolute atomic E-state index is 5.77. The first-order valence-corrected chi connectivity index (χ1v) is 7.03. The number of benzene rings is 1. The lowest BCUT2D eigenvalue weighted by Crippen LogP contribution is -2.08. The van der Waals surface area contributed by atoms with Gasteiger partial charge in [0.1, 0.15) is 5.75 Å². The molecule has 1 atom stereocenters. The smallest absolute Gasteiger partial charge is 0.118 e. The fourth-order valence-corrected chi connectivity index (χ4v) is 2.04. The van der Waals surface area contributed by atoms with Gasteiger partial charge in [0.15, 0.2) is 0 Å². The molecule has 0 aliphatic heterocycles.